The second-order valence-electron chi connectivity index (χ2n) is 8.16. The third kappa shape index (κ3) is 3.69. The first-order valence-electron chi connectivity index (χ1n) is 11.3. The van der Waals surface area contributed by atoms with Crippen molar-refractivity contribution in [2.24, 2.45) is 0 Å². The zero-order chi connectivity index (χ0) is 22.9. The normalized spacial score (nSPS) is 12.5. The molecule has 0 radical (unpaired) electrons. The van der Waals surface area contributed by atoms with Crippen LogP contribution in [0.4, 0.5) is 0 Å². The fraction of sp³-hybridized carbons (Fsp3) is 0.148. The molecule has 6 heterocycles. The molecule has 0 amide bonds. The lowest BCUT2D eigenvalue weighted by molar-refractivity contribution is 0.0884. The minimum atomic E-state index is -0.285. The fourth-order valence-corrected chi connectivity index (χ4v) is 5.21. The van der Waals surface area contributed by atoms with Gasteiger partial charge in [0.1, 0.15) is 17.4 Å². The number of aromatic amines is 2. The largest absolute Gasteiger partial charge is 0.367 e. The van der Waals surface area contributed by atoms with E-state index in [0.717, 1.165) is 45.3 Å². The van der Waals surface area contributed by atoms with Crippen LogP contribution in [0.3, 0.4) is 0 Å². The maximum Gasteiger partial charge on any atom is 0.138 e. The molecular weight excluding hydrogens is 442 g/mol. The van der Waals surface area contributed by atoms with Crippen LogP contribution >= 0.6 is 11.3 Å². The van der Waals surface area contributed by atoms with E-state index in [0.29, 0.717) is 6.61 Å². The van der Waals surface area contributed by atoms with Crippen molar-refractivity contribution in [1.29, 1.82) is 0 Å². The van der Waals surface area contributed by atoms with E-state index in [1.807, 2.05) is 37.5 Å². The van der Waals surface area contributed by atoms with Crippen LogP contribution in [0.15, 0.2) is 78.1 Å². The van der Waals surface area contributed by atoms with Crippen LogP contribution in [0.5, 0.6) is 0 Å². The summed E-state index contributed by atoms with van der Waals surface area (Å²) in [5.74, 6) is 0. The number of hydrogen-bond acceptors (Lipinski definition) is 5. The zero-order valence-corrected chi connectivity index (χ0v) is 19.5. The highest BCUT2D eigenvalue weighted by Gasteiger charge is 2.21. The van der Waals surface area contributed by atoms with Gasteiger partial charge in [-0.1, -0.05) is 6.07 Å². The smallest absolute Gasteiger partial charge is 0.138 e. The van der Waals surface area contributed by atoms with Gasteiger partial charge < -0.3 is 14.7 Å². The predicted molar refractivity (Wildman–Crippen MR) is 136 cm³/mol. The molecule has 0 fully saturated rings. The highest BCUT2D eigenvalue weighted by Crippen LogP contribution is 2.37. The first-order chi connectivity index (χ1) is 16.8. The molecule has 2 N–H and O–H groups in total. The number of nitrogens with zero attached hydrogens (tertiary/aromatic N) is 3. The van der Waals surface area contributed by atoms with E-state index in [2.05, 4.69) is 61.3 Å². The van der Waals surface area contributed by atoms with E-state index in [4.69, 9.17) is 9.72 Å². The van der Waals surface area contributed by atoms with Crippen LogP contribution in [-0.4, -0.2) is 31.5 Å². The van der Waals surface area contributed by atoms with Crippen molar-refractivity contribution >= 4 is 33.4 Å². The maximum absolute atomic E-state index is 6.15. The first kappa shape index (κ1) is 20.8. The summed E-state index contributed by atoms with van der Waals surface area (Å²) in [5.41, 5.74) is 8.39. The molecule has 1 unspecified atom stereocenters. The zero-order valence-electron chi connectivity index (χ0n) is 18.7. The van der Waals surface area contributed by atoms with Gasteiger partial charge in [0.2, 0.25) is 0 Å². The highest BCUT2D eigenvalue weighted by molar-refractivity contribution is 7.08. The van der Waals surface area contributed by atoms with Gasteiger partial charge in [-0.25, -0.2) is 9.97 Å². The van der Waals surface area contributed by atoms with Crippen molar-refractivity contribution in [1.82, 2.24) is 24.9 Å². The predicted octanol–water partition coefficient (Wildman–Crippen LogP) is 6.28. The standard InChI is InChI=1S/C27H23N5OS/c1-2-33-25(17-5-3-8-28-13-17)23-12-22(18-7-10-34-16-18)24-20(15-31-27(24)32-23)11-19-14-30-26-21(19)6-4-9-29-26/h3-10,12-16,25H,2,11H2,1H3,(H,29,30)(H,31,32). The average Bonchev–Trinajstić information content (AvgIpc) is 3.64. The molecule has 0 aromatic carbocycles. The monoisotopic (exact) mass is 465 g/mol. The van der Waals surface area contributed by atoms with Gasteiger partial charge in [-0.05, 0) is 70.3 Å². The van der Waals surface area contributed by atoms with Crippen molar-refractivity contribution in [2.45, 2.75) is 19.4 Å². The molecule has 0 saturated heterocycles. The molecule has 0 spiro atoms. The lowest BCUT2D eigenvalue weighted by Gasteiger charge is -2.18. The van der Waals surface area contributed by atoms with Crippen LogP contribution in [-0.2, 0) is 11.2 Å². The summed E-state index contributed by atoms with van der Waals surface area (Å²) in [7, 11) is 0. The summed E-state index contributed by atoms with van der Waals surface area (Å²) in [5, 5.41) is 6.58. The Morgan fingerprint density at radius 3 is 2.74 bits per heavy atom. The van der Waals surface area contributed by atoms with E-state index in [1.165, 1.54) is 16.7 Å². The van der Waals surface area contributed by atoms with Crippen LogP contribution in [0.1, 0.15) is 35.4 Å². The van der Waals surface area contributed by atoms with Crippen molar-refractivity contribution in [2.75, 3.05) is 6.61 Å². The van der Waals surface area contributed by atoms with Crippen molar-refractivity contribution < 1.29 is 4.74 Å². The van der Waals surface area contributed by atoms with Crippen LogP contribution in [0.25, 0.3) is 33.2 Å². The minimum absolute atomic E-state index is 0.285. The Balaban J connectivity index is 1.51. The third-order valence-corrected chi connectivity index (χ3v) is 6.77. The van der Waals surface area contributed by atoms with Crippen LogP contribution in [0, 0.1) is 0 Å². The number of fused-ring (bicyclic) bond motifs is 2. The SMILES string of the molecule is CCOC(c1cccnc1)c1cc(-c2ccsc2)c2c(Cc3c[nH]c4ncccc34)c[nH]c2n1. The quantitative estimate of drug-likeness (QED) is 0.291. The molecule has 34 heavy (non-hydrogen) atoms. The number of nitrogens with one attached hydrogen (secondary N) is 2. The molecule has 1 atom stereocenters. The highest BCUT2D eigenvalue weighted by atomic mass is 32.1. The van der Waals surface area contributed by atoms with Crippen molar-refractivity contribution in [3.8, 4) is 11.1 Å². The molecule has 0 bridgehead atoms. The summed E-state index contributed by atoms with van der Waals surface area (Å²) in [6.45, 7) is 2.59. The summed E-state index contributed by atoms with van der Waals surface area (Å²) < 4.78 is 6.15. The summed E-state index contributed by atoms with van der Waals surface area (Å²) in [4.78, 5) is 20.5. The lowest BCUT2D eigenvalue weighted by atomic mass is 9.97. The number of thiophene rings is 1. The summed E-state index contributed by atoms with van der Waals surface area (Å²) in [6, 6.07) is 12.4. The molecule has 6 rings (SSSR count). The number of aromatic nitrogens is 5. The molecule has 7 heteroatoms. The molecule has 0 aliphatic rings. The van der Waals surface area contributed by atoms with Gasteiger partial charge in [-0.3, -0.25) is 4.98 Å². The summed E-state index contributed by atoms with van der Waals surface area (Å²) >= 11 is 1.69. The molecule has 6 aromatic rings. The molecule has 6 nitrogen and oxygen atoms in total. The van der Waals surface area contributed by atoms with Gasteiger partial charge in [-0.2, -0.15) is 11.3 Å². The van der Waals surface area contributed by atoms with Gasteiger partial charge in [0.15, 0.2) is 0 Å². The Hall–Kier alpha value is -3.81. The number of pyridine rings is 3. The number of hydrogen-bond donors (Lipinski definition) is 2. The topological polar surface area (TPSA) is 79.5 Å². The second-order valence-corrected chi connectivity index (χ2v) is 8.94. The molecule has 168 valence electrons. The van der Waals surface area contributed by atoms with Gasteiger partial charge in [0.25, 0.3) is 0 Å². The Bertz CT molecular complexity index is 1550. The van der Waals surface area contributed by atoms with Crippen LogP contribution in [0.2, 0.25) is 0 Å². The Morgan fingerprint density at radius 1 is 1.03 bits per heavy atom. The number of rotatable bonds is 7. The maximum atomic E-state index is 6.15. The van der Waals surface area contributed by atoms with E-state index in [1.54, 1.807) is 17.5 Å². The molecule has 6 aromatic heterocycles. The van der Waals surface area contributed by atoms with Gasteiger partial charge >= 0.3 is 0 Å². The van der Waals surface area contributed by atoms with Gasteiger partial charge in [-0.15, -0.1) is 0 Å². The molecule has 0 saturated carbocycles. The van der Waals surface area contributed by atoms with Crippen LogP contribution < -0.4 is 0 Å². The van der Waals surface area contributed by atoms with E-state index < -0.39 is 0 Å². The van der Waals surface area contributed by atoms with Crippen molar-refractivity contribution in [3.05, 3.63) is 101 Å². The Labute approximate surface area is 200 Å². The first-order valence-corrected chi connectivity index (χ1v) is 12.2. The summed E-state index contributed by atoms with van der Waals surface area (Å²) in [6.07, 6.45) is 10.1. The number of ether oxygens (including phenoxy) is 1. The molecular formula is C27H23N5OS. The van der Waals surface area contributed by atoms with E-state index in [-0.39, 0.29) is 6.10 Å². The van der Waals surface area contributed by atoms with E-state index in [9.17, 15) is 0 Å². The average molecular weight is 466 g/mol. The van der Waals surface area contributed by atoms with Gasteiger partial charge in [0.05, 0.1) is 5.69 Å². The van der Waals surface area contributed by atoms with Gasteiger partial charge in [0, 0.05) is 60.3 Å². The lowest BCUT2D eigenvalue weighted by Crippen LogP contribution is -2.09. The minimum Gasteiger partial charge on any atom is -0.367 e. The van der Waals surface area contributed by atoms with E-state index >= 15 is 0 Å². The molecule has 0 aliphatic heterocycles. The van der Waals surface area contributed by atoms with Crippen molar-refractivity contribution in [3.63, 3.8) is 0 Å². The second kappa shape index (κ2) is 8.85. The molecule has 0 aliphatic carbocycles. The Morgan fingerprint density at radius 2 is 1.91 bits per heavy atom. The number of H-pyrrole nitrogens is 2. The Kier molecular flexibility index (Phi) is 5.41. The fourth-order valence-electron chi connectivity index (χ4n) is 4.56. The third-order valence-electron chi connectivity index (χ3n) is 6.08.